The molecule has 144 valence electrons. The number of rotatable bonds is 5. The van der Waals surface area contributed by atoms with Crippen LogP contribution in [0, 0.1) is 0 Å². The van der Waals surface area contributed by atoms with E-state index in [0.29, 0.717) is 28.1 Å². The molecule has 9 heteroatoms. The van der Waals surface area contributed by atoms with Gasteiger partial charge < -0.3 is 5.32 Å². The third-order valence-corrected chi connectivity index (χ3v) is 5.30. The summed E-state index contributed by atoms with van der Waals surface area (Å²) in [7, 11) is 0. The Bertz CT molecular complexity index is 978. The maximum absolute atomic E-state index is 12.9. The van der Waals surface area contributed by atoms with Crippen molar-refractivity contribution < 1.29 is 4.79 Å². The van der Waals surface area contributed by atoms with Gasteiger partial charge >= 0.3 is 0 Å². The second kappa shape index (κ2) is 8.26. The van der Waals surface area contributed by atoms with E-state index in [9.17, 15) is 4.79 Å². The smallest absolute Gasteiger partial charge is 0.241 e. The lowest BCUT2D eigenvalue weighted by Gasteiger charge is -2.23. The number of halogens is 2. The van der Waals surface area contributed by atoms with Crippen LogP contribution in [0.4, 0.5) is 5.69 Å². The Morgan fingerprint density at radius 1 is 1.18 bits per heavy atom. The van der Waals surface area contributed by atoms with Gasteiger partial charge in [0, 0.05) is 5.02 Å². The van der Waals surface area contributed by atoms with Crippen molar-refractivity contribution in [3.63, 3.8) is 0 Å². The molecule has 3 aromatic rings. The van der Waals surface area contributed by atoms with Gasteiger partial charge in [-0.05, 0) is 60.1 Å². The fraction of sp³-hybridized carbons (Fsp3) is 0.263. The van der Waals surface area contributed by atoms with Gasteiger partial charge in [-0.3, -0.25) is 9.69 Å². The van der Waals surface area contributed by atoms with Crippen LogP contribution >= 0.6 is 23.2 Å². The maximum atomic E-state index is 12.9. The molecule has 0 aliphatic carbocycles. The van der Waals surface area contributed by atoms with Gasteiger partial charge in [-0.15, -0.1) is 5.10 Å². The highest BCUT2D eigenvalue weighted by molar-refractivity contribution is 6.35. The summed E-state index contributed by atoms with van der Waals surface area (Å²) in [6, 6.07) is 14.4. The van der Waals surface area contributed by atoms with Crippen LogP contribution in [-0.4, -0.2) is 43.6 Å². The van der Waals surface area contributed by atoms with Crippen LogP contribution in [0.3, 0.4) is 0 Å². The number of anilines is 1. The molecule has 4 rings (SSSR count). The minimum atomic E-state index is -0.282. The van der Waals surface area contributed by atoms with E-state index < -0.39 is 0 Å². The topological polar surface area (TPSA) is 75.9 Å². The molecule has 1 saturated heterocycles. The van der Waals surface area contributed by atoms with Crippen LogP contribution < -0.4 is 5.32 Å². The highest BCUT2D eigenvalue weighted by Crippen LogP contribution is 2.27. The van der Waals surface area contributed by atoms with Crippen molar-refractivity contribution >= 4 is 34.8 Å². The maximum Gasteiger partial charge on any atom is 0.241 e. The van der Waals surface area contributed by atoms with Crippen molar-refractivity contribution in [2.75, 3.05) is 11.9 Å². The average molecular weight is 417 g/mol. The van der Waals surface area contributed by atoms with Crippen LogP contribution in [0.5, 0.6) is 0 Å². The average Bonchev–Trinajstić information content (AvgIpc) is 3.35. The number of hydrogen-bond donors (Lipinski definition) is 1. The van der Waals surface area contributed by atoms with Crippen LogP contribution in [0.1, 0.15) is 18.7 Å². The summed E-state index contributed by atoms with van der Waals surface area (Å²) < 4.78 is 1.70. The van der Waals surface area contributed by atoms with E-state index in [1.807, 2.05) is 30.3 Å². The summed E-state index contributed by atoms with van der Waals surface area (Å²) in [5.41, 5.74) is 1.40. The summed E-state index contributed by atoms with van der Waals surface area (Å²) in [6.45, 7) is 1.27. The molecular weight excluding hydrogens is 399 g/mol. The van der Waals surface area contributed by atoms with Gasteiger partial charge in [-0.2, -0.15) is 4.68 Å². The van der Waals surface area contributed by atoms with Crippen molar-refractivity contribution in [2.45, 2.75) is 25.4 Å². The lowest BCUT2D eigenvalue weighted by Crippen LogP contribution is -2.39. The standard InChI is InChI=1S/C19H18Cl2N6O/c20-13-8-9-15(21)16(11-13)22-19(28)17-7-4-10-26(17)12-18-23-24-25-27(18)14-5-2-1-3-6-14/h1-3,5-6,8-9,11,17H,4,7,10,12H2,(H,22,28). The molecular formula is C19H18Cl2N6O. The fourth-order valence-electron chi connectivity index (χ4n) is 3.38. The van der Waals surface area contributed by atoms with Crippen molar-refractivity contribution in [3.8, 4) is 5.69 Å². The normalized spacial score (nSPS) is 17.0. The number of aromatic nitrogens is 4. The predicted molar refractivity (Wildman–Crippen MR) is 108 cm³/mol. The Labute approximate surface area is 172 Å². The van der Waals surface area contributed by atoms with Crippen molar-refractivity contribution in [3.05, 3.63) is 64.4 Å². The number of tetrazole rings is 1. The Morgan fingerprint density at radius 3 is 2.82 bits per heavy atom. The van der Waals surface area contributed by atoms with E-state index in [1.54, 1.807) is 22.9 Å². The molecule has 0 bridgehead atoms. The second-order valence-electron chi connectivity index (χ2n) is 6.58. The molecule has 0 saturated carbocycles. The molecule has 0 radical (unpaired) electrons. The van der Waals surface area contributed by atoms with Gasteiger partial charge in [0.25, 0.3) is 0 Å². The zero-order chi connectivity index (χ0) is 19.5. The van der Waals surface area contributed by atoms with Gasteiger partial charge in [0.1, 0.15) is 0 Å². The van der Waals surface area contributed by atoms with Gasteiger partial charge in [-0.25, -0.2) is 0 Å². The lowest BCUT2D eigenvalue weighted by atomic mass is 10.2. The molecule has 1 atom stereocenters. The minimum Gasteiger partial charge on any atom is -0.323 e. The summed E-state index contributed by atoms with van der Waals surface area (Å²) in [6.07, 6.45) is 1.69. The first kappa shape index (κ1) is 18.9. The molecule has 1 aromatic heterocycles. The number of amides is 1. The van der Waals surface area contributed by atoms with Crippen molar-refractivity contribution in [2.24, 2.45) is 0 Å². The number of nitrogens with zero attached hydrogens (tertiary/aromatic N) is 5. The van der Waals surface area contributed by atoms with Crippen molar-refractivity contribution in [1.82, 2.24) is 25.1 Å². The monoisotopic (exact) mass is 416 g/mol. The molecule has 2 aromatic carbocycles. The largest absolute Gasteiger partial charge is 0.323 e. The number of benzene rings is 2. The highest BCUT2D eigenvalue weighted by atomic mass is 35.5. The van der Waals surface area contributed by atoms with Gasteiger partial charge in [-0.1, -0.05) is 41.4 Å². The molecule has 2 heterocycles. The number of para-hydroxylation sites is 1. The third-order valence-electron chi connectivity index (χ3n) is 4.73. The van der Waals surface area contributed by atoms with Crippen LogP contribution in [0.25, 0.3) is 5.69 Å². The highest BCUT2D eigenvalue weighted by Gasteiger charge is 2.32. The molecule has 1 fully saturated rings. The SMILES string of the molecule is O=C(Nc1cc(Cl)ccc1Cl)C1CCCN1Cc1nnnn1-c1ccccc1. The van der Waals surface area contributed by atoms with Gasteiger partial charge in [0.2, 0.25) is 5.91 Å². The first-order valence-electron chi connectivity index (χ1n) is 8.94. The molecule has 1 aliphatic rings. The van der Waals surface area contributed by atoms with E-state index in [4.69, 9.17) is 23.2 Å². The summed E-state index contributed by atoms with van der Waals surface area (Å²) >= 11 is 12.2. The lowest BCUT2D eigenvalue weighted by molar-refractivity contribution is -0.120. The molecule has 1 aliphatic heterocycles. The zero-order valence-corrected chi connectivity index (χ0v) is 16.4. The first-order chi connectivity index (χ1) is 13.6. The Morgan fingerprint density at radius 2 is 2.00 bits per heavy atom. The van der Waals surface area contributed by atoms with E-state index >= 15 is 0 Å². The van der Waals surface area contributed by atoms with Gasteiger partial charge in [0.15, 0.2) is 5.82 Å². The van der Waals surface area contributed by atoms with Gasteiger partial charge in [0.05, 0.1) is 29.0 Å². The number of likely N-dealkylation sites (tertiary alicyclic amines) is 1. The van der Waals surface area contributed by atoms with Crippen LogP contribution in [0.2, 0.25) is 10.0 Å². The molecule has 1 unspecified atom stereocenters. The fourth-order valence-corrected chi connectivity index (χ4v) is 3.71. The zero-order valence-electron chi connectivity index (χ0n) is 14.9. The minimum absolute atomic E-state index is 0.111. The van der Waals surface area contributed by atoms with Crippen LogP contribution in [-0.2, 0) is 11.3 Å². The number of hydrogen-bond acceptors (Lipinski definition) is 5. The Balaban J connectivity index is 1.50. The third kappa shape index (κ3) is 4.01. The summed E-state index contributed by atoms with van der Waals surface area (Å²) in [5, 5.41) is 15.9. The molecule has 7 nitrogen and oxygen atoms in total. The molecule has 28 heavy (non-hydrogen) atoms. The molecule has 0 spiro atoms. The van der Waals surface area contributed by atoms with E-state index in [0.717, 1.165) is 25.1 Å². The summed E-state index contributed by atoms with van der Waals surface area (Å²) in [4.78, 5) is 14.9. The number of carbonyl (C=O) groups is 1. The van der Waals surface area contributed by atoms with Crippen molar-refractivity contribution in [1.29, 1.82) is 0 Å². The predicted octanol–water partition coefficient (Wildman–Crippen LogP) is 3.57. The number of nitrogens with one attached hydrogen (secondary N) is 1. The molecule has 1 N–H and O–H groups in total. The van der Waals surface area contributed by atoms with E-state index in [1.165, 1.54) is 0 Å². The second-order valence-corrected chi connectivity index (χ2v) is 7.43. The molecule has 1 amide bonds. The Hall–Kier alpha value is -2.48. The van der Waals surface area contributed by atoms with E-state index in [2.05, 4.69) is 25.7 Å². The Kier molecular flexibility index (Phi) is 5.57. The quantitative estimate of drug-likeness (QED) is 0.687. The number of carbonyl (C=O) groups excluding carboxylic acids is 1. The van der Waals surface area contributed by atoms with Crippen LogP contribution in [0.15, 0.2) is 48.5 Å². The summed E-state index contributed by atoms with van der Waals surface area (Å²) in [5.74, 6) is 0.576. The van der Waals surface area contributed by atoms with E-state index in [-0.39, 0.29) is 11.9 Å². The first-order valence-corrected chi connectivity index (χ1v) is 9.70.